The normalized spacial score (nSPS) is 24.2. The van der Waals surface area contributed by atoms with Crippen molar-refractivity contribution in [3.05, 3.63) is 54.1 Å². The number of hydrogen-bond donors (Lipinski definition) is 0. The molecule has 0 saturated carbocycles. The van der Waals surface area contributed by atoms with Crippen molar-refractivity contribution in [2.45, 2.75) is 38.3 Å². The first kappa shape index (κ1) is 18.1. The highest BCUT2D eigenvalue weighted by atomic mass is 16.5. The molecule has 0 radical (unpaired) electrons. The molecule has 0 N–H and O–H groups in total. The number of carbonyl (C=O) groups is 1. The number of amides is 1. The lowest BCUT2D eigenvalue weighted by Gasteiger charge is -2.42. The van der Waals surface area contributed by atoms with Crippen molar-refractivity contribution < 1.29 is 9.53 Å². The number of para-hydroxylation sites is 1. The molecule has 27 heavy (non-hydrogen) atoms. The number of aryl methyl sites for hydroxylation is 1. The van der Waals surface area contributed by atoms with Crippen LogP contribution >= 0.6 is 0 Å². The average molecular weight is 366 g/mol. The molecular formula is C21H26N4O2. The van der Waals surface area contributed by atoms with Crippen LogP contribution < -0.4 is 4.90 Å². The minimum absolute atomic E-state index is 0.0460. The highest BCUT2D eigenvalue weighted by Crippen LogP contribution is 2.33. The van der Waals surface area contributed by atoms with E-state index in [0.29, 0.717) is 6.54 Å². The molecule has 0 aliphatic carbocycles. The Hall–Kier alpha value is -2.31. The number of benzene rings is 1. The number of likely N-dealkylation sites (tertiary alicyclic amines) is 1. The zero-order chi connectivity index (χ0) is 18.7. The fourth-order valence-electron chi connectivity index (χ4n) is 4.00. The SMILES string of the molecule is Cc1ncc(CN2CCCC3(CC2)CN(c2ccccc2)C(=O)CO3)cn1. The van der Waals surface area contributed by atoms with Crippen molar-refractivity contribution in [2.75, 3.05) is 31.1 Å². The largest absolute Gasteiger partial charge is 0.363 e. The van der Waals surface area contributed by atoms with Gasteiger partial charge in [0.25, 0.3) is 5.91 Å². The van der Waals surface area contributed by atoms with Gasteiger partial charge in [-0.1, -0.05) is 18.2 Å². The van der Waals surface area contributed by atoms with Gasteiger partial charge < -0.3 is 9.64 Å². The van der Waals surface area contributed by atoms with Crippen LogP contribution in [0.4, 0.5) is 5.69 Å². The number of rotatable bonds is 3. The summed E-state index contributed by atoms with van der Waals surface area (Å²) in [6.07, 6.45) is 6.79. The summed E-state index contributed by atoms with van der Waals surface area (Å²) in [4.78, 5) is 25.3. The molecular weight excluding hydrogens is 340 g/mol. The lowest BCUT2D eigenvalue weighted by molar-refractivity contribution is -0.140. The van der Waals surface area contributed by atoms with Gasteiger partial charge >= 0.3 is 0 Å². The van der Waals surface area contributed by atoms with E-state index in [-0.39, 0.29) is 18.1 Å². The third-order valence-electron chi connectivity index (χ3n) is 5.55. The molecule has 2 saturated heterocycles. The van der Waals surface area contributed by atoms with Crippen LogP contribution in [-0.2, 0) is 16.1 Å². The molecule has 0 bridgehead atoms. The summed E-state index contributed by atoms with van der Waals surface area (Å²) in [6, 6.07) is 9.92. The molecule has 4 rings (SSSR count). The third-order valence-corrected chi connectivity index (χ3v) is 5.55. The fraction of sp³-hybridized carbons (Fsp3) is 0.476. The first-order chi connectivity index (χ1) is 13.1. The van der Waals surface area contributed by atoms with E-state index in [9.17, 15) is 4.79 Å². The van der Waals surface area contributed by atoms with E-state index in [2.05, 4.69) is 14.9 Å². The van der Waals surface area contributed by atoms with Crippen LogP contribution in [0, 0.1) is 6.92 Å². The van der Waals surface area contributed by atoms with Gasteiger partial charge in [0.15, 0.2) is 0 Å². The van der Waals surface area contributed by atoms with Gasteiger partial charge in [-0.05, 0) is 44.9 Å². The lowest BCUT2D eigenvalue weighted by atomic mass is 9.92. The number of morpholine rings is 1. The zero-order valence-electron chi connectivity index (χ0n) is 15.8. The van der Waals surface area contributed by atoms with Crippen LogP contribution in [0.25, 0.3) is 0 Å². The quantitative estimate of drug-likeness (QED) is 0.836. The number of aromatic nitrogens is 2. The van der Waals surface area contributed by atoms with E-state index >= 15 is 0 Å². The van der Waals surface area contributed by atoms with E-state index in [0.717, 1.165) is 56.0 Å². The Morgan fingerprint density at radius 1 is 1.11 bits per heavy atom. The lowest BCUT2D eigenvalue weighted by Crippen LogP contribution is -2.55. The van der Waals surface area contributed by atoms with Crippen LogP contribution in [0.15, 0.2) is 42.7 Å². The summed E-state index contributed by atoms with van der Waals surface area (Å²) in [7, 11) is 0. The Morgan fingerprint density at radius 2 is 1.89 bits per heavy atom. The maximum atomic E-state index is 12.4. The Morgan fingerprint density at radius 3 is 2.67 bits per heavy atom. The molecule has 1 amide bonds. The van der Waals surface area contributed by atoms with E-state index in [4.69, 9.17) is 4.74 Å². The van der Waals surface area contributed by atoms with Crippen molar-refractivity contribution >= 4 is 11.6 Å². The highest BCUT2D eigenvalue weighted by Gasteiger charge is 2.41. The van der Waals surface area contributed by atoms with E-state index in [1.807, 2.05) is 54.5 Å². The first-order valence-corrected chi connectivity index (χ1v) is 9.63. The number of carbonyl (C=O) groups excluding carboxylic acids is 1. The monoisotopic (exact) mass is 366 g/mol. The summed E-state index contributed by atoms with van der Waals surface area (Å²) >= 11 is 0. The second-order valence-corrected chi connectivity index (χ2v) is 7.56. The molecule has 142 valence electrons. The minimum atomic E-state index is -0.248. The van der Waals surface area contributed by atoms with E-state index < -0.39 is 0 Å². The molecule has 2 aromatic rings. The third kappa shape index (κ3) is 4.17. The van der Waals surface area contributed by atoms with Crippen LogP contribution in [0.5, 0.6) is 0 Å². The van der Waals surface area contributed by atoms with Gasteiger partial charge in [-0.2, -0.15) is 0 Å². The molecule has 6 heteroatoms. The van der Waals surface area contributed by atoms with Gasteiger partial charge in [0.2, 0.25) is 0 Å². The average Bonchev–Trinajstić information content (AvgIpc) is 2.89. The second kappa shape index (κ2) is 7.74. The van der Waals surface area contributed by atoms with Crippen molar-refractivity contribution in [3.8, 4) is 0 Å². The highest BCUT2D eigenvalue weighted by molar-refractivity contribution is 5.95. The number of hydrogen-bond acceptors (Lipinski definition) is 5. The molecule has 1 aromatic carbocycles. The molecule has 1 spiro atoms. The van der Waals surface area contributed by atoms with Gasteiger partial charge in [-0.15, -0.1) is 0 Å². The summed E-state index contributed by atoms with van der Waals surface area (Å²) in [5, 5.41) is 0. The first-order valence-electron chi connectivity index (χ1n) is 9.63. The van der Waals surface area contributed by atoms with E-state index in [1.54, 1.807) is 0 Å². The number of anilines is 1. The van der Waals surface area contributed by atoms with E-state index in [1.165, 1.54) is 0 Å². The van der Waals surface area contributed by atoms with Crippen LogP contribution in [-0.4, -0.2) is 52.6 Å². The maximum Gasteiger partial charge on any atom is 0.253 e. The molecule has 2 aliphatic heterocycles. The van der Waals surface area contributed by atoms with Gasteiger partial charge in [0, 0.05) is 36.7 Å². The van der Waals surface area contributed by atoms with Crippen molar-refractivity contribution in [2.24, 2.45) is 0 Å². The summed E-state index contributed by atoms with van der Waals surface area (Å²) < 4.78 is 6.12. The van der Waals surface area contributed by atoms with Gasteiger partial charge in [0.05, 0.1) is 12.1 Å². The van der Waals surface area contributed by atoms with Crippen LogP contribution in [0.1, 0.15) is 30.7 Å². The minimum Gasteiger partial charge on any atom is -0.363 e. The Balaban J connectivity index is 1.43. The summed E-state index contributed by atoms with van der Waals surface area (Å²) in [5.74, 6) is 0.847. The van der Waals surface area contributed by atoms with Gasteiger partial charge in [-0.25, -0.2) is 9.97 Å². The van der Waals surface area contributed by atoms with Gasteiger partial charge in [-0.3, -0.25) is 9.69 Å². The standard InChI is InChI=1S/C21H26N4O2/c1-17-22-12-18(13-23-17)14-24-10-5-8-21(9-11-24)16-25(20(26)15-27-21)19-6-3-2-4-7-19/h2-4,6-7,12-13H,5,8-11,14-16H2,1H3. The van der Waals surface area contributed by atoms with Crippen molar-refractivity contribution in [3.63, 3.8) is 0 Å². The maximum absolute atomic E-state index is 12.4. The predicted octanol–water partition coefficient (Wildman–Crippen LogP) is 2.57. The molecule has 2 fully saturated rings. The smallest absolute Gasteiger partial charge is 0.253 e. The van der Waals surface area contributed by atoms with Crippen molar-refractivity contribution in [1.82, 2.24) is 14.9 Å². The molecule has 1 atom stereocenters. The molecule has 6 nitrogen and oxygen atoms in total. The molecule has 1 aromatic heterocycles. The number of ether oxygens (including phenoxy) is 1. The molecule has 1 unspecified atom stereocenters. The Kier molecular flexibility index (Phi) is 5.18. The summed E-state index contributed by atoms with van der Waals surface area (Å²) in [5.41, 5.74) is 1.85. The van der Waals surface area contributed by atoms with Crippen LogP contribution in [0.2, 0.25) is 0 Å². The second-order valence-electron chi connectivity index (χ2n) is 7.56. The molecule has 3 heterocycles. The zero-order valence-corrected chi connectivity index (χ0v) is 15.8. The Bertz CT molecular complexity index is 781. The predicted molar refractivity (Wildman–Crippen MR) is 103 cm³/mol. The Labute approximate surface area is 160 Å². The summed E-state index contributed by atoms with van der Waals surface area (Å²) in [6.45, 7) is 5.54. The van der Waals surface area contributed by atoms with Gasteiger partial charge in [0.1, 0.15) is 12.4 Å². The topological polar surface area (TPSA) is 58.6 Å². The molecule has 2 aliphatic rings. The van der Waals surface area contributed by atoms with Crippen molar-refractivity contribution in [1.29, 1.82) is 0 Å². The number of nitrogens with zero attached hydrogens (tertiary/aromatic N) is 4. The fourth-order valence-corrected chi connectivity index (χ4v) is 4.00. The van der Waals surface area contributed by atoms with Crippen LogP contribution in [0.3, 0.4) is 0 Å².